The number of nitrogens with zero attached hydrogens (tertiary/aromatic N) is 2. The fourth-order valence-electron chi connectivity index (χ4n) is 1.88. The Balaban J connectivity index is 1.97. The Morgan fingerprint density at radius 1 is 1.30 bits per heavy atom. The van der Waals surface area contributed by atoms with E-state index in [-0.39, 0.29) is 24.1 Å². The Morgan fingerprint density at radius 2 is 1.96 bits per heavy atom. The fourth-order valence-corrected chi connectivity index (χ4v) is 1.88. The highest BCUT2D eigenvalue weighted by Crippen LogP contribution is 2.45. The van der Waals surface area contributed by atoms with Crippen LogP contribution in [0.1, 0.15) is 49.1 Å². The molecule has 124 valence electrons. The van der Waals surface area contributed by atoms with Crippen LogP contribution in [0.2, 0.25) is 0 Å². The molecule has 1 saturated carbocycles. The van der Waals surface area contributed by atoms with Gasteiger partial charge in [-0.1, -0.05) is 12.1 Å². The van der Waals surface area contributed by atoms with Crippen molar-refractivity contribution in [1.82, 2.24) is 15.5 Å². The molecule has 10 nitrogen and oxygen atoms in total. The average Bonchev–Trinajstić information content (AvgIpc) is 3.04. The summed E-state index contributed by atoms with van der Waals surface area (Å²) in [5.41, 5.74) is 9.81. The molecular formula is C13H17N5O5. The maximum Gasteiger partial charge on any atom is 0.315 e. The molecule has 1 aliphatic rings. The van der Waals surface area contributed by atoms with Crippen molar-refractivity contribution in [2.24, 2.45) is 11.5 Å². The van der Waals surface area contributed by atoms with Crippen LogP contribution in [0.25, 0.3) is 0 Å². The van der Waals surface area contributed by atoms with E-state index >= 15 is 0 Å². The minimum Gasteiger partial charge on any atom is -0.368 e. The second-order valence-electron chi connectivity index (χ2n) is 5.74. The van der Waals surface area contributed by atoms with Crippen molar-refractivity contribution in [3.8, 4) is 0 Å². The molecule has 0 saturated heterocycles. The van der Waals surface area contributed by atoms with E-state index in [1.54, 1.807) is 0 Å². The third-order valence-electron chi connectivity index (χ3n) is 3.74. The first-order valence-electron chi connectivity index (χ1n) is 7.00. The zero-order chi connectivity index (χ0) is 17.2. The molecular weight excluding hydrogens is 306 g/mol. The van der Waals surface area contributed by atoms with Crippen LogP contribution >= 0.6 is 0 Å². The van der Waals surface area contributed by atoms with Gasteiger partial charge in [-0.2, -0.15) is 4.98 Å². The molecule has 23 heavy (non-hydrogen) atoms. The van der Waals surface area contributed by atoms with Gasteiger partial charge in [0.2, 0.25) is 11.7 Å². The summed E-state index contributed by atoms with van der Waals surface area (Å²) < 4.78 is 4.87. The first-order chi connectivity index (χ1) is 10.7. The Bertz CT molecular complexity index is 663. The predicted octanol–water partition coefficient (Wildman–Crippen LogP) is -1.46. The lowest BCUT2D eigenvalue weighted by molar-refractivity contribution is -0.136. The lowest BCUT2D eigenvalue weighted by Gasteiger charge is -2.13. The monoisotopic (exact) mass is 323 g/mol. The lowest BCUT2D eigenvalue weighted by atomic mass is 10.1. The molecule has 0 aromatic carbocycles. The molecule has 0 radical (unpaired) electrons. The van der Waals surface area contributed by atoms with Crippen molar-refractivity contribution in [1.29, 1.82) is 0 Å². The van der Waals surface area contributed by atoms with Gasteiger partial charge in [-0.05, 0) is 19.3 Å². The van der Waals surface area contributed by atoms with E-state index in [9.17, 15) is 19.2 Å². The van der Waals surface area contributed by atoms with Gasteiger partial charge in [0, 0.05) is 11.8 Å². The van der Waals surface area contributed by atoms with Crippen molar-refractivity contribution >= 4 is 23.5 Å². The summed E-state index contributed by atoms with van der Waals surface area (Å²) >= 11 is 0. The van der Waals surface area contributed by atoms with E-state index < -0.39 is 29.5 Å². The molecule has 0 aliphatic heterocycles. The summed E-state index contributed by atoms with van der Waals surface area (Å²) in [6, 6.07) is -1.15. The van der Waals surface area contributed by atoms with Gasteiger partial charge in [-0.25, -0.2) is 0 Å². The highest BCUT2D eigenvalue weighted by molar-refractivity contribution is 6.35. The average molecular weight is 323 g/mol. The Kier molecular flexibility index (Phi) is 4.43. The van der Waals surface area contributed by atoms with Gasteiger partial charge in [0.25, 0.3) is 5.91 Å². The molecule has 0 spiro atoms. The molecule has 1 aliphatic carbocycles. The third-order valence-corrected chi connectivity index (χ3v) is 3.74. The summed E-state index contributed by atoms with van der Waals surface area (Å²) in [6.45, 7) is 1.95. The highest BCUT2D eigenvalue weighted by atomic mass is 16.5. The molecule has 10 heteroatoms. The van der Waals surface area contributed by atoms with Crippen LogP contribution in [-0.2, 0) is 19.8 Å². The lowest BCUT2D eigenvalue weighted by Crippen LogP contribution is -2.45. The smallest absolute Gasteiger partial charge is 0.315 e. The van der Waals surface area contributed by atoms with E-state index in [0.29, 0.717) is 5.82 Å². The van der Waals surface area contributed by atoms with E-state index in [4.69, 9.17) is 16.0 Å². The van der Waals surface area contributed by atoms with Crippen molar-refractivity contribution in [2.45, 2.75) is 44.1 Å². The zero-order valence-corrected chi connectivity index (χ0v) is 12.5. The number of primary amides is 2. The van der Waals surface area contributed by atoms with E-state index in [0.717, 1.165) is 12.8 Å². The largest absolute Gasteiger partial charge is 0.368 e. The van der Waals surface area contributed by atoms with Crippen molar-refractivity contribution in [3.05, 3.63) is 11.7 Å². The zero-order valence-electron chi connectivity index (χ0n) is 12.5. The quantitative estimate of drug-likeness (QED) is 0.490. The maximum absolute atomic E-state index is 12.0. The highest BCUT2D eigenvalue weighted by Gasteiger charge is 2.44. The number of amides is 3. The first-order valence-corrected chi connectivity index (χ1v) is 7.00. The number of carbonyl (C=O) groups is 4. The number of nitrogens with two attached hydrogens (primary N) is 2. The van der Waals surface area contributed by atoms with Crippen molar-refractivity contribution < 1.29 is 23.7 Å². The Labute approximate surface area is 131 Å². The van der Waals surface area contributed by atoms with E-state index in [1.807, 2.05) is 6.92 Å². The van der Waals surface area contributed by atoms with E-state index in [2.05, 4.69) is 15.5 Å². The predicted molar refractivity (Wildman–Crippen MR) is 74.8 cm³/mol. The number of ketones is 1. The van der Waals surface area contributed by atoms with Crippen LogP contribution < -0.4 is 16.8 Å². The number of hydrogen-bond donors (Lipinski definition) is 3. The summed E-state index contributed by atoms with van der Waals surface area (Å²) in [5.74, 6) is -3.46. The Hall–Kier alpha value is -2.78. The van der Waals surface area contributed by atoms with Crippen LogP contribution in [0.15, 0.2) is 4.52 Å². The van der Waals surface area contributed by atoms with Gasteiger partial charge >= 0.3 is 11.8 Å². The maximum atomic E-state index is 12.0. The van der Waals surface area contributed by atoms with Crippen LogP contribution in [-0.4, -0.2) is 39.7 Å². The molecule has 5 N–H and O–H groups in total. The van der Waals surface area contributed by atoms with E-state index in [1.165, 1.54) is 0 Å². The number of carbonyl (C=O) groups excluding carboxylic acids is 4. The van der Waals surface area contributed by atoms with Crippen molar-refractivity contribution in [2.75, 3.05) is 0 Å². The summed E-state index contributed by atoms with van der Waals surface area (Å²) in [6.07, 6.45) is 1.36. The second kappa shape index (κ2) is 6.15. The van der Waals surface area contributed by atoms with Gasteiger partial charge in [-0.15, -0.1) is 0 Å². The summed E-state index contributed by atoms with van der Waals surface area (Å²) in [7, 11) is 0. The van der Waals surface area contributed by atoms with Gasteiger partial charge in [0.15, 0.2) is 5.82 Å². The Morgan fingerprint density at radius 3 is 2.48 bits per heavy atom. The number of nitrogens with one attached hydrogen (secondary N) is 1. The molecule has 2 rings (SSSR count). The molecule has 1 aromatic heterocycles. The SMILES string of the molecule is CC1(c2noc(C(=O)NC(CCC(=O)C(N)=O)C(N)=O)n2)CC1. The number of Topliss-reactive ketones (excluding diaryl/α,β-unsaturated/α-hetero) is 1. The van der Waals surface area contributed by atoms with Gasteiger partial charge in [0.1, 0.15) is 6.04 Å². The van der Waals surface area contributed by atoms with Gasteiger partial charge in [0.05, 0.1) is 0 Å². The fraction of sp³-hybridized carbons (Fsp3) is 0.538. The van der Waals surface area contributed by atoms with Crippen molar-refractivity contribution in [3.63, 3.8) is 0 Å². The molecule has 1 fully saturated rings. The number of aromatic nitrogens is 2. The standard InChI is InChI=1S/C13H17N5O5/c1-13(4-5-13)12-17-11(23-18-12)10(22)16-6(8(14)20)2-3-7(19)9(15)21/h6H,2-5H2,1H3,(H2,14,20)(H2,15,21)(H,16,22). The van der Waals surface area contributed by atoms with Gasteiger partial charge < -0.3 is 21.3 Å². The number of hydrogen-bond acceptors (Lipinski definition) is 7. The van der Waals surface area contributed by atoms with Crippen LogP contribution in [0.4, 0.5) is 0 Å². The minimum absolute atomic E-state index is 0.151. The normalized spacial score (nSPS) is 16.4. The van der Waals surface area contributed by atoms with Crippen LogP contribution in [0, 0.1) is 0 Å². The summed E-state index contributed by atoms with van der Waals surface area (Å²) in [4.78, 5) is 49.2. The van der Waals surface area contributed by atoms with Gasteiger partial charge in [-0.3, -0.25) is 19.2 Å². The first kappa shape index (κ1) is 16.6. The molecule has 0 bridgehead atoms. The topological polar surface area (TPSA) is 171 Å². The molecule has 3 amide bonds. The molecule has 1 atom stereocenters. The third kappa shape index (κ3) is 3.90. The van der Waals surface area contributed by atoms with Crippen LogP contribution in [0.5, 0.6) is 0 Å². The minimum atomic E-state index is -1.15. The summed E-state index contributed by atoms with van der Waals surface area (Å²) in [5, 5.41) is 6.04. The van der Waals surface area contributed by atoms with Crippen LogP contribution in [0.3, 0.4) is 0 Å². The molecule has 1 unspecified atom stereocenters. The molecule has 1 heterocycles. The second-order valence-corrected chi connectivity index (χ2v) is 5.74. The molecule has 1 aromatic rings. The number of rotatable bonds is 8.